The third-order valence-electron chi connectivity index (χ3n) is 1.88. The number of esters is 2. The average molecular weight is 452 g/mol. The van der Waals surface area contributed by atoms with E-state index < -0.39 is 11.9 Å². The van der Waals surface area contributed by atoms with Crippen molar-refractivity contribution in [1.82, 2.24) is 0 Å². The fourth-order valence-corrected chi connectivity index (χ4v) is 0.700. The van der Waals surface area contributed by atoms with Crippen molar-refractivity contribution in [3.05, 3.63) is 23.7 Å². The molecule has 0 amide bonds. The summed E-state index contributed by atoms with van der Waals surface area (Å²) in [5.74, 6) is -1.04. The van der Waals surface area contributed by atoms with E-state index in [1.54, 1.807) is 13.8 Å². The molecule has 29 heavy (non-hydrogen) atoms. The number of ether oxygens (including phenoxy) is 2. The van der Waals surface area contributed by atoms with Crippen LogP contribution in [0.3, 0.4) is 0 Å². The Morgan fingerprint density at radius 2 is 0.966 bits per heavy atom. The Morgan fingerprint density at radius 1 is 0.759 bits per heavy atom. The van der Waals surface area contributed by atoms with E-state index in [9.17, 15) is 30.0 Å². The molecule has 0 rings (SSSR count). The first-order valence-electron chi connectivity index (χ1n) is 9.07. The largest absolute Gasteiger partial charge is 4.00 e. The average Bonchev–Trinajstić information content (AvgIpc) is 2.55. The van der Waals surface area contributed by atoms with Gasteiger partial charge in [0, 0.05) is 12.2 Å². The van der Waals surface area contributed by atoms with E-state index in [0.717, 1.165) is 12.2 Å². The zero-order valence-electron chi connectivity index (χ0n) is 18.9. The second-order valence-electron chi connectivity index (χ2n) is 6.14. The van der Waals surface area contributed by atoms with E-state index >= 15 is 0 Å². The molecule has 0 aliphatic rings. The predicted octanol–water partition coefficient (Wildman–Crippen LogP) is -0.370. The Bertz CT molecular complexity index is 384. The minimum Gasteiger partial charge on any atom is -0.875 e. The summed E-state index contributed by atoms with van der Waals surface area (Å²) >= 11 is 0. The van der Waals surface area contributed by atoms with Gasteiger partial charge in [-0.15, -0.1) is 24.7 Å². The molecule has 0 aromatic carbocycles. The van der Waals surface area contributed by atoms with E-state index in [-0.39, 0.29) is 46.4 Å². The Labute approximate surface area is 190 Å². The molecule has 8 nitrogen and oxygen atoms in total. The number of hydrogen-bond donors (Lipinski definition) is 0. The molecule has 0 aromatic rings. The van der Waals surface area contributed by atoms with Gasteiger partial charge < -0.3 is 29.9 Å². The van der Waals surface area contributed by atoms with E-state index in [0.29, 0.717) is 25.0 Å². The molecular weight excluding hydrogens is 416 g/mol. The molecule has 0 unspecified atom stereocenters. The van der Waals surface area contributed by atoms with Gasteiger partial charge in [-0.1, -0.05) is 53.4 Å². The summed E-state index contributed by atoms with van der Waals surface area (Å²) < 4.78 is 8.87. The van der Waals surface area contributed by atoms with Gasteiger partial charge in [0.2, 0.25) is 0 Å². The summed E-state index contributed by atoms with van der Waals surface area (Å²) in [6.07, 6.45) is 1.84. The fourth-order valence-electron chi connectivity index (χ4n) is 0.700. The van der Waals surface area contributed by atoms with Gasteiger partial charge in [0.15, 0.2) is 0 Å². The maximum Gasteiger partial charge on any atom is 4.00 e. The Hall–Kier alpha value is -1.35. The van der Waals surface area contributed by atoms with Crippen LogP contribution in [0.5, 0.6) is 0 Å². The SMILES string of the molecule is CC(C)C[O-].CC(C)C[O-].CCOC(=O)/C=C(/C)[O-].CCOC(=O)/C=C(/C)[O-].[Ti+4]. The van der Waals surface area contributed by atoms with Crippen molar-refractivity contribution in [2.45, 2.75) is 55.4 Å². The maximum absolute atomic E-state index is 10.4. The molecule has 0 saturated carbocycles. The summed E-state index contributed by atoms with van der Waals surface area (Å²) in [7, 11) is 0. The molecule has 0 spiro atoms. The maximum atomic E-state index is 10.4. The van der Waals surface area contributed by atoms with Gasteiger partial charge >= 0.3 is 33.7 Å². The molecule has 168 valence electrons. The second kappa shape index (κ2) is 28.9. The molecule has 9 heteroatoms. The van der Waals surface area contributed by atoms with Gasteiger partial charge in [-0.05, 0) is 13.8 Å². The van der Waals surface area contributed by atoms with Gasteiger partial charge in [0.25, 0.3) is 0 Å². The van der Waals surface area contributed by atoms with Crippen LogP contribution in [0.2, 0.25) is 0 Å². The molecule has 0 aliphatic carbocycles. The van der Waals surface area contributed by atoms with Crippen LogP contribution in [-0.4, -0.2) is 38.4 Å². The van der Waals surface area contributed by atoms with Crippen LogP contribution in [0.4, 0.5) is 0 Å². The summed E-state index contributed by atoms with van der Waals surface area (Å²) in [6.45, 7) is 14.3. The van der Waals surface area contributed by atoms with Gasteiger partial charge in [0.05, 0.1) is 13.2 Å². The number of hydrogen-bond acceptors (Lipinski definition) is 8. The second-order valence-corrected chi connectivity index (χ2v) is 6.14. The first kappa shape index (κ1) is 38.3. The van der Waals surface area contributed by atoms with Crippen LogP contribution >= 0.6 is 0 Å². The van der Waals surface area contributed by atoms with Crippen molar-refractivity contribution in [3.63, 3.8) is 0 Å². The van der Waals surface area contributed by atoms with Crippen LogP contribution < -0.4 is 20.4 Å². The third-order valence-corrected chi connectivity index (χ3v) is 1.88. The molecule has 0 N–H and O–H groups in total. The summed E-state index contributed by atoms with van der Waals surface area (Å²) in [6, 6.07) is 0. The summed E-state index contributed by atoms with van der Waals surface area (Å²) in [4.78, 5) is 20.7. The number of allylic oxidation sites excluding steroid dienone is 2. The molecule has 0 heterocycles. The van der Waals surface area contributed by atoms with Crippen molar-refractivity contribution in [3.8, 4) is 0 Å². The van der Waals surface area contributed by atoms with Crippen LogP contribution in [0.1, 0.15) is 55.4 Å². The number of rotatable bonds is 6. The standard InChI is InChI=1S/2C6H10O3.2C4H9O.Ti/c2*1-3-9-6(8)4-5(2)7;2*1-4(2)3-5;/h2*4,7H,3H2,1-2H3;2*4H,3H2,1-2H3;/q;;2*-1;+4/p-2/b2*5-4-;;;. The zero-order chi connectivity index (χ0) is 23.1. The fraction of sp³-hybridized carbons (Fsp3) is 0.700. The van der Waals surface area contributed by atoms with E-state index in [1.807, 2.05) is 27.7 Å². The first-order valence-corrected chi connectivity index (χ1v) is 9.07. The van der Waals surface area contributed by atoms with E-state index in [1.165, 1.54) is 13.8 Å². The summed E-state index contributed by atoms with van der Waals surface area (Å²) in [5, 5.41) is 39.6. The van der Waals surface area contributed by atoms with Gasteiger partial charge in [-0.25, -0.2) is 9.59 Å². The van der Waals surface area contributed by atoms with Crippen LogP contribution in [0, 0.1) is 11.8 Å². The molecule has 0 bridgehead atoms. The van der Waals surface area contributed by atoms with Crippen molar-refractivity contribution in [2.24, 2.45) is 11.8 Å². The molecular formula is C20H36O8Ti. The predicted molar refractivity (Wildman–Crippen MR) is 100 cm³/mol. The quantitative estimate of drug-likeness (QED) is 0.230. The Kier molecular flexibility index (Phi) is 38.1. The van der Waals surface area contributed by atoms with Gasteiger partial charge in [0.1, 0.15) is 0 Å². The molecule has 0 saturated heterocycles. The van der Waals surface area contributed by atoms with Crippen molar-refractivity contribution >= 4 is 11.9 Å². The normalized spacial score (nSPS) is 10.2. The molecule has 0 aliphatic heterocycles. The third kappa shape index (κ3) is 58.4. The van der Waals surface area contributed by atoms with Crippen LogP contribution in [0.25, 0.3) is 0 Å². The Morgan fingerprint density at radius 3 is 1.07 bits per heavy atom. The molecule has 0 radical (unpaired) electrons. The van der Waals surface area contributed by atoms with Gasteiger partial charge in [-0.3, -0.25) is 0 Å². The van der Waals surface area contributed by atoms with E-state index in [4.69, 9.17) is 0 Å². The summed E-state index contributed by atoms with van der Waals surface area (Å²) in [5.41, 5.74) is 0. The monoisotopic (exact) mass is 452 g/mol. The number of carbonyl (C=O) groups is 2. The van der Waals surface area contributed by atoms with Crippen molar-refractivity contribution in [2.75, 3.05) is 26.4 Å². The molecule has 0 fully saturated rings. The van der Waals surface area contributed by atoms with Crippen LogP contribution in [-0.2, 0) is 40.8 Å². The number of carbonyl (C=O) groups excluding carboxylic acids is 2. The minimum atomic E-state index is -0.565. The molecule has 0 atom stereocenters. The minimum absolute atomic E-state index is 0. The van der Waals surface area contributed by atoms with E-state index in [2.05, 4.69) is 9.47 Å². The Balaban J connectivity index is -0.0000000907. The van der Waals surface area contributed by atoms with Gasteiger partial charge in [-0.2, -0.15) is 0 Å². The van der Waals surface area contributed by atoms with Crippen molar-refractivity contribution in [1.29, 1.82) is 0 Å². The molecule has 0 aromatic heterocycles. The first-order chi connectivity index (χ1) is 12.9. The van der Waals surface area contributed by atoms with Crippen molar-refractivity contribution < 1.29 is 61.2 Å². The smallest absolute Gasteiger partial charge is 0.875 e. The zero-order valence-corrected chi connectivity index (χ0v) is 20.5. The topological polar surface area (TPSA) is 145 Å². The van der Waals surface area contributed by atoms with Crippen LogP contribution in [0.15, 0.2) is 23.7 Å².